The Morgan fingerprint density at radius 3 is 2.04 bits per heavy atom. The predicted octanol–water partition coefficient (Wildman–Crippen LogP) is 6.32. The Labute approximate surface area is 169 Å². The van der Waals surface area contributed by atoms with E-state index in [1.807, 2.05) is 33.8 Å². The molecule has 0 amide bonds. The highest BCUT2D eigenvalue weighted by molar-refractivity contribution is 9.09. The molecule has 0 radical (unpaired) electrons. The zero-order valence-electron chi connectivity index (χ0n) is 16.5. The highest BCUT2D eigenvalue weighted by Crippen LogP contribution is 2.50. The van der Waals surface area contributed by atoms with Crippen molar-refractivity contribution in [3.8, 4) is 11.5 Å². The number of carbonyl (C=O) groups is 1. The van der Waals surface area contributed by atoms with Gasteiger partial charge in [-0.15, -0.1) is 0 Å². The highest BCUT2D eigenvalue weighted by atomic mass is 79.9. The standard InChI is InChI=1S/C23H27BrO3/c1-12(2)26-18-10-16-14-8-6-5-7-9-15(14)20-21(23(25)22(20)24)17(16)11-19(18)27-13(3)4/h10-13,22H,5-9H2,1-4H3. The summed E-state index contributed by atoms with van der Waals surface area (Å²) < 4.78 is 12.1. The summed E-state index contributed by atoms with van der Waals surface area (Å²) in [4.78, 5) is 12.6. The summed E-state index contributed by atoms with van der Waals surface area (Å²) in [5.41, 5.74) is 4.90. The largest absolute Gasteiger partial charge is 0.487 e. The molecule has 1 atom stereocenters. The van der Waals surface area contributed by atoms with Gasteiger partial charge < -0.3 is 9.47 Å². The van der Waals surface area contributed by atoms with Crippen molar-refractivity contribution in [1.82, 2.24) is 0 Å². The van der Waals surface area contributed by atoms with E-state index in [4.69, 9.17) is 9.47 Å². The van der Waals surface area contributed by atoms with Gasteiger partial charge in [-0.05, 0) is 93.0 Å². The van der Waals surface area contributed by atoms with Crippen molar-refractivity contribution >= 4 is 32.5 Å². The number of benzene rings is 2. The highest BCUT2D eigenvalue weighted by Gasteiger charge is 2.40. The number of rotatable bonds is 4. The zero-order chi connectivity index (χ0) is 19.3. The van der Waals surface area contributed by atoms with Crippen molar-refractivity contribution in [2.24, 2.45) is 0 Å². The number of ether oxygens (including phenoxy) is 2. The first-order valence-corrected chi connectivity index (χ1v) is 11.0. The summed E-state index contributed by atoms with van der Waals surface area (Å²) in [6, 6.07) is 4.15. The second-order valence-electron chi connectivity index (χ2n) is 8.21. The fourth-order valence-corrected chi connectivity index (χ4v) is 5.14. The van der Waals surface area contributed by atoms with Crippen molar-refractivity contribution < 1.29 is 14.3 Å². The Morgan fingerprint density at radius 1 is 0.889 bits per heavy atom. The first-order chi connectivity index (χ1) is 12.9. The molecular weight excluding hydrogens is 404 g/mol. The molecule has 4 heteroatoms. The van der Waals surface area contributed by atoms with E-state index in [1.165, 1.54) is 41.3 Å². The van der Waals surface area contributed by atoms with Gasteiger partial charge in [0, 0.05) is 5.56 Å². The molecule has 0 bridgehead atoms. The topological polar surface area (TPSA) is 35.5 Å². The monoisotopic (exact) mass is 430 g/mol. The second kappa shape index (κ2) is 7.12. The van der Waals surface area contributed by atoms with E-state index in [0.29, 0.717) is 0 Å². The van der Waals surface area contributed by atoms with Gasteiger partial charge in [0.1, 0.15) is 4.83 Å². The van der Waals surface area contributed by atoms with Gasteiger partial charge in [-0.2, -0.15) is 0 Å². The lowest BCUT2D eigenvalue weighted by atomic mass is 9.76. The van der Waals surface area contributed by atoms with E-state index in [2.05, 4.69) is 22.0 Å². The van der Waals surface area contributed by atoms with Gasteiger partial charge in [-0.3, -0.25) is 4.79 Å². The SMILES string of the molecule is CC(C)Oc1cc2c3c(c4c(c2cc1OC(C)C)C(=O)C4Br)CCCCC3. The minimum Gasteiger partial charge on any atom is -0.487 e. The smallest absolute Gasteiger partial charge is 0.181 e. The van der Waals surface area contributed by atoms with E-state index in [-0.39, 0.29) is 22.8 Å². The average Bonchev–Trinajstić information content (AvgIpc) is 2.85. The molecule has 0 fully saturated rings. The zero-order valence-corrected chi connectivity index (χ0v) is 18.1. The van der Waals surface area contributed by atoms with Crippen LogP contribution in [0.4, 0.5) is 0 Å². The first kappa shape index (κ1) is 18.8. The maximum absolute atomic E-state index is 12.7. The van der Waals surface area contributed by atoms with Gasteiger partial charge in [0.25, 0.3) is 0 Å². The molecule has 0 aromatic heterocycles. The van der Waals surface area contributed by atoms with Crippen molar-refractivity contribution in [3.05, 3.63) is 34.4 Å². The van der Waals surface area contributed by atoms with Crippen LogP contribution >= 0.6 is 15.9 Å². The second-order valence-corrected chi connectivity index (χ2v) is 9.13. The fourth-order valence-electron chi connectivity index (χ4n) is 4.41. The molecule has 0 heterocycles. The van der Waals surface area contributed by atoms with Crippen molar-refractivity contribution in [1.29, 1.82) is 0 Å². The summed E-state index contributed by atoms with van der Waals surface area (Å²) in [6.07, 6.45) is 5.89. The molecule has 27 heavy (non-hydrogen) atoms. The van der Waals surface area contributed by atoms with Crippen LogP contribution in [0.1, 0.15) is 78.8 Å². The van der Waals surface area contributed by atoms with Crippen molar-refractivity contribution in [2.45, 2.75) is 76.8 Å². The molecule has 3 nitrogen and oxygen atoms in total. The van der Waals surface area contributed by atoms with Crippen LogP contribution in [-0.4, -0.2) is 18.0 Å². The van der Waals surface area contributed by atoms with E-state index < -0.39 is 0 Å². The lowest BCUT2D eigenvalue weighted by Crippen LogP contribution is -2.26. The number of alkyl halides is 1. The summed E-state index contributed by atoms with van der Waals surface area (Å²) >= 11 is 3.62. The molecule has 1 unspecified atom stereocenters. The number of fused-ring (bicyclic) bond motifs is 6. The van der Waals surface area contributed by atoms with Crippen molar-refractivity contribution in [2.75, 3.05) is 0 Å². The van der Waals surface area contributed by atoms with Crippen LogP contribution in [0.5, 0.6) is 11.5 Å². The van der Waals surface area contributed by atoms with Gasteiger partial charge in [-0.25, -0.2) is 0 Å². The molecule has 0 saturated heterocycles. The molecule has 0 aliphatic heterocycles. The van der Waals surface area contributed by atoms with Crippen LogP contribution in [0, 0.1) is 0 Å². The van der Waals surface area contributed by atoms with Crippen LogP contribution < -0.4 is 9.47 Å². The molecule has 0 spiro atoms. The lowest BCUT2D eigenvalue weighted by molar-refractivity contribution is 0.0967. The minimum absolute atomic E-state index is 0.0447. The van der Waals surface area contributed by atoms with Gasteiger partial charge >= 0.3 is 0 Å². The Hall–Kier alpha value is -1.55. The molecule has 4 rings (SSSR count). The third-order valence-electron chi connectivity index (χ3n) is 5.45. The van der Waals surface area contributed by atoms with Crippen LogP contribution in [0.25, 0.3) is 10.8 Å². The molecule has 2 aliphatic carbocycles. The molecule has 2 aromatic rings. The average molecular weight is 431 g/mol. The normalized spacial score (nSPS) is 18.9. The van der Waals surface area contributed by atoms with E-state index in [9.17, 15) is 4.79 Å². The molecule has 0 N–H and O–H groups in total. The number of Topliss-reactive ketones (excluding diaryl/α,β-unsaturated/α-hetero) is 1. The molecule has 144 valence electrons. The number of halogens is 1. The predicted molar refractivity (Wildman–Crippen MR) is 113 cm³/mol. The van der Waals surface area contributed by atoms with Crippen LogP contribution in [0.15, 0.2) is 12.1 Å². The Balaban J connectivity index is 2.01. The summed E-state index contributed by atoms with van der Waals surface area (Å²) in [5, 5.41) is 2.20. The Bertz CT molecular complexity index is 914. The van der Waals surface area contributed by atoms with Gasteiger partial charge in [0.05, 0.1) is 12.2 Å². The van der Waals surface area contributed by atoms with Crippen molar-refractivity contribution in [3.63, 3.8) is 0 Å². The molecule has 2 aliphatic rings. The first-order valence-electron chi connectivity index (χ1n) is 10.1. The summed E-state index contributed by atoms with van der Waals surface area (Å²) in [5.74, 6) is 1.70. The number of hydrogen-bond donors (Lipinski definition) is 0. The number of hydrogen-bond acceptors (Lipinski definition) is 3. The van der Waals surface area contributed by atoms with Crippen LogP contribution in [-0.2, 0) is 12.8 Å². The van der Waals surface area contributed by atoms with Gasteiger partial charge in [0.2, 0.25) is 0 Å². The van der Waals surface area contributed by atoms with E-state index in [1.54, 1.807) is 0 Å². The van der Waals surface area contributed by atoms with E-state index in [0.717, 1.165) is 35.3 Å². The molecule has 2 aromatic carbocycles. The summed E-state index contributed by atoms with van der Waals surface area (Å²) in [6.45, 7) is 8.08. The van der Waals surface area contributed by atoms with Gasteiger partial charge in [-0.1, -0.05) is 22.4 Å². The minimum atomic E-state index is -0.148. The third kappa shape index (κ3) is 3.16. The molecule has 0 saturated carbocycles. The Morgan fingerprint density at radius 2 is 1.44 bits per heavy atom. The van der Waals surface area contributed by atoms with E-state index >= 15 is 0 Å². The van der Waals surface area contributed by atoms with Crippen LogP contribution in [0.3, 0.4) is 0 Å². The third-order valence-corrected chi connectivity index (χ3v) is 6.32. The van der Waals surface area contributed by atoms with Crippen LogP contribution in [0.2, 0.25) is 0 Å². The molecular formula is C23H27BrO3. The quantitative estimate of drug-likeness (QED) is 0.420. The number of aryl methyl sites for hydroxylation is 1. The number of carbonyl (C=O) groups excluding carboxylic acids is 1. The lowest BCUT2D eigenvalue weighted by Gasteiger charge is -2.31. The fraction of sp³-hybridized carbons (Fsp3) is 0.522. The maximum Gasteiger partial charge on any atom is 0.181 e. The maximum atomic E-state index is 12.7. The van der Waals surface area contributed by atoms with Gasteiger partial charge in [0.15, 0.2) is 17.3 Å². The summed E-state index contributed by atoms with van der Waals surface area (Å²) in [7, 11) is 0. The Kier molecular flexibility index (Phi) is 4.96. The number of ketones is 1.